The summed E-state index contributed by atoms with van der Waals surface area (Å²) in [5, 5.41) is 9.35. The molecule has 0 aliphatic rings. The van der Waals surface area contributed by atoms with Crippen molar-refractivity contribution in [3.8, 4) is 22.8 Å². The number of hydrogen-bond acceptors (Lipinski definition) is 7. The van der Waals surface area contributed by atoms with Gasteiger partial charge >= 0.3 is 0 Å². The largest absolute Gasteiger partial charge is 0.497 e. The van der Waals surface area contributed by atoms with Crippen LogP contribution in [-0.2, 0) is 21.4 Å². The Bertz CT molecular complexity index is 1570. The molecule has 0 unspecified atom stereocenters. The maximum atomic E-state index is 13.4. The van der Waals surface area contributed by atoms with E-state index in [9.17, 15) is 13.2 Å². The van der Waals surface area contributed by atoms with Crippen LogP contribution in [0.15, 0.2) is 88.9 Å². The first-order valence-corrected chi connectivity index (χ1v) is 15.1. The van der Waals surface area contributed by atoms with E-state index in [-0.39, 0.29) is 22.6 Å². The van der Waals surface area contributed by atoms with Crippen LogP contribution in [0.4, 0.5) is 0 Å². The van der Waals surface area contributed by atoms with Crippen molar-refractivity contribution in [1.29, 1.82) is 0 Å². The molecule has 0 aliphatic heterocycles. The molecule has 40 heavy (non-hydrogen) atoms. The number of sulfonamides is 1. The van der Waals surface area contributed by atoms with Gasteiger partial charge in [-0.1, -0.05) is 60.3 Å². The highest BCUT2D eigenvalue weighted by atomic mass is 32.2. The molecule has 0 saturated heterocycles. The fourth-order valence-electron chi connectivity index (χ4n) is 4.09. The summed E-state index contributed by atoms with van der Waals surface area (Å²) < 4.78 is 34.0. The lowest BCUT2D eigenvalue weighted by atomic mass is 10.2. The number of thioether (sulfide) groups is 1. The molecule has 0 radical (unpaired) electrons. The van der Waals surface area contributed by atoms with Crippen molar-refractivity contribution in [2.24, 2.45) is 0 Å². The van der Waals surface area contributed by atoms with Crippen LogP contribution in [0.2, 0.25) is 0 Å². The molecule has 0 atom stereocenters. The zero-order valence-corrected chi connectivity index (χ0v) is 24.8. The highest BCUT2D eigenvalue weighted by Crippen LogP contribution is 2.31. The number of amides is 1. The van der Waals surface area contributed by atoms with Crippen LogP contribution in [0.25, 0.3) is 17.1 Å². The third kappa shape index (κ3) is 6.55. The monoisotopic (exact) mass is 579 g/mol. The quantitative estimate of drug-likeness (QED) is 0.237. The molecule has 1 amide bonds. The van der Waals surface area contributed by atoms with Crippen LogP contribution in [0.5, 0.6) is 5.75 Å². The Kier molecular flexibility index (Phi) is 9.28. The molecule has 1 aromatic heterocycles. The van der Waals surface area contributed by atoms with E-state index in [1.807, 2.05) is 77.9 Å². The fraction of sp³-hybridized carbons (Fsp3) is 0.276. The maximum absolute atomic E-state index is 13.4. The van der Waals surface area contributed by atoms with Gasteiger partial charge in [-0.3, -0.25) is 9.36 Å². The minimum atomic E-state index is -3.65. The van der Waals surface area contributed by atoms with Gasteiger partial charge in [0.05, 0.1) is 23.4 Å². The van der Waals surface area contributed by atoms with Gasteiger partial charge in [-0.25, -0.2) is 12.7 Å². The number of carbonyl (C=O) groups is 1. The van der Waals surface area contributed by atoms with Crippen LogP contribution in [0.1, 0.15) is 19.4 Å². The molecule has 3 aromatic carbocycles. The third-order valence-electron chi connectivity index (χ3n) is 6.28. The Labute approximate surface area is 239 Å². The molecule has 210 valence electrons. The van der Waals surface area contributed by atoms with E-state index < -0.39 is 10.0 Å². The van der Waals surface area contributed by atoms with Gasteiger partial charge in [0.25, 0.3) is 0 Å². The summed E-state index contributed by atoms with van der Waals surface area (Å²) in [6.07, 6.45) is 0. The molecule has 0 aliphatic carbocycles. The minimum Gasteiger partial charge on any atom is -0.497 e. The number of rotatable bonds is 11. The summed E-state index contributed by atoms with van der Waals surface area (Å²) in [4.78, 5) is 15.3. The Morgan fingerprint density at radius 1 is 0.975 bits per heavy atom. The molecule has 0 bridgehead atoms. The van der Waals surface area contributed by atoms with Crippen molar-refractivity contribution in [3.63, 3.8) is 0 Å². The molecule has 4 aromatic rings. The molecule has 4 rings (SSSR count). The summed E-state index contributed by atoms with van der Waals surface area (Å²) >= 11 is 1.28. The van der Waals surface area contributed by atoms with Gasteiger partial charge in [0, 0.05) is 38.3 Å². The van der Waals surface area contributed by atoms with Crippen LogP contribution < -0.4 is 4.74 Å². The maximum Gasteiger partial charge on any atom is 0.242 e. The second kappa shape index (κ2) is 12.7. The van der Waals surface area contributed by atoms with Gasteiger partial charge in [-0.15, -0.1) is 10.2 Å². The van der Waals surface area contributed by atoms with Crippen LogP contribution >= 0.6 is 11.8 Å². The van der Waals surface area contributed by atoms with E-state index in [2.05, 4.69) is 10.2 Å². The predicted octanol–water partition coefficient (Wildman–Crippen LogP) is 4.72. The molecule has 0 fully saturated rings. The fourth-order valence-corrected chi connectivity index (χ4v) is 5.87. The lowest BCUT2D eigenvalue weighted by Gasteiger charge is -2.27. The number of hydrogen-bond donors (Lipinski definition) is 0. The number of aromatic nitrogens is 3. The van der Waals surface area contributed by atoms with Gasteiger partial charge in [0.2, 0.25) is 15.9 Å². The molecule has 11 heteroatoms. The van der Waals surface area contributed by atoms with Gasteiger partial charge in [-0.2, -0.15) is 0 Å². The highest BCUT2D eigenvalue weighted by molar-refractivity contribution is 7.99. The zero-order valence-electron chi connectivity index (χ0n) is 23.2. The lowest BCUT2D eigenvalue weighted by Crippen LogP contribution is -2.37. The van der Waals surface area contributed by atoms with E-state index in [0.717, 1.165) is 11.3 Å². The number of carbonyl (C=O) groups excluding carboxylic acids is 1. The molecular weight excluding hydrogens is 546 g/mol. The van der Waals surface area contributed by atoms with Gasteiger partial charge in [0.15, 0.2) is 11.0 Å². The summed E-state index contributed by atoms with van der Waals surface area (Å²) in [6, 6.07) is 23.9. The molecule has 9 nitrogen and oxygen atoms in total. The van der Waals surface area contributed by atoms with Crippen LogP contribution in [0.3, 0.4) is 0 Å². The van der Waals surface area contributed by atoms with Crippen molar-refractivity contribution < 1.29 is 17.9 Å². The first-order chi connectivity index (χ1) is 19.1. The van der Waals surface area contributed by atoms with E-state index in [4.69, 9.17) is 4.74 Å². The smallest absolute Gasteiger partial charge is 0.242 e. The number of ether oxygens (including phenoxy) is 1. The third-order valence-corrected chi connectivity index (χ3v) is 9.00. The van der Waals surface area contributed by atoms with E-state index >= 15 is 0 Å². The Balaban J connectivity index is 1.70. The van der Waals surface area contributed by atoms with Crippen molar-refractivity contribution in [1.82, 2.24) is 24.0 Å². The van der Waals surface area contributed by atoms with Crippen molar-refractivity contribution >= 4 is 27.7 Å². The molecule has 0 spiro atoms. The topological polar surface area (TPSA) is 97.6 Å². The van der Waals surface area contributed by atoms with Gasteiger partial charge in [0.1, 0.15) is 5.75 Å². The van der Waals surface area contributed by atoms with Crippen LogP contribution in [-0.4, -0.2) is 71.3 Å². The Morgan fingerprint density at radius 2 is 1.70 bits per heavy atom. The number of nitrogens with zero attached hydrogens (tertiary/aromatic N) is 5. The van der Waals surface area contributed by atoms with Gasteiger partial charge in [-0.05, 0) is 43.7 Å². The van der Waals surface area contributed by atoms with Crippen molar-refractivity contribution in [3.05, 3.63) is 84.4 Å². The minimum absolute atomic E-state index is 0.0153. The predicted molar refractivity (Wildman–Crippen MR) is 157 cm³/mol. The SMILES string of the molecule is COc1cccc(-n2c(SCC(=O)N(Cc3ccccc3)C(C)C)nnc2-c2cccc(S(=O)(=O)N(C)C)c2)c1. The molecule has 0 N–H and O–H groups in total. The standard InChI is InChI=1S/C29H33N5O4S2/c1-21(2)33(19-22-11-7-6-8-12-22)27(35)20-39-29-31-30-28(34(29)24-14-10-15-25(18-24)38-5)23-13-9-16-26(17-23)40(36,37)32(3)4/h6-18,21H,19-20H2,1-5H3. The van der Waals surface area contributed by atoms with Crippen molar-refractivity contribution in [2.75, 3.05) is 27.0 Å². The average Bonchev–Trinajstić information content (AvgIpc) is 3.39. The first kappa shape index (κ1) is 29.3. The van der Waals surface area contributed by atoms with Crippen LogP contribution in [0, 0.1) is 0 Å². The summed E-state index contributed by atoms with van der Waals surface area (Å²) in [6.45, 7) is 4.51. The lowest BCUT2D eigenvalue weighted by molar-refractivity contribution is -0.130. The van der Waals surface area contributed by atoms with Crippen molar-refractivity contribution in [2.45, 2.75) is 36.5 Å². The highest BCUT2D eigenvalue weighted by Gasteiger charge is 2.23. The average molecular weight is 580 g/mol. The summed E-state index contributed by atoms with van der Waals surface area (Å²) in [5.41, 5.74) is 2.36. The van der Waals surface area contributed by atoms with E-state index in [1.165, 1.54) is 30.2 Å². The Morgan fingerprint density at radius 3 is 2.38 bits per heavy atom. The molecule has 1 heterocycles. The second-order valence-electron chi connectivity index (χ2n) is 9.55. The Hall–Kier alpha value is -3.67. The number of methoxy groups -OCH3 is 1. The zero-order chi connectivity index (χ0) is 28.9. The summed E-state index contributed by atoms with van der Waals surface area (Å²) in [7, 11) is 0.915. The molecule has 0 saturated carbocycles. The first-order valence-electron chi connectivity index (χ1n) is 12.7. The van der Waals surface area contributed by atoms with E-state index in [0.29, 0.717) is 28.8 Å². The second-order valence-corrected chi connectivity index (χ2v) is 12.6. The normalized spacial score (nSPS) is 11.7. The van der Waals surface area contributed by atoms with Gasteiger partial charge < -0.3 is 9.64 Å². The van der Waals surface area contributed by atoms with E-state index in [1.54, 1.807) is 31.4 Å². The summed E-state index contributed by atoms with van der Waals surface area (Å²) in [5.74, 6) is 1.22. The molecular formula is C29H33N5O4S2. The number of benzene rings is 3.